The van der Waals surface area contributed by atoms with Crippen molar-refractivity contribution in [1.29, 1.82) is 0 Å². The van der Waals surface area contributed by atoms with Crippen molar-refractivity contribution in [2.45, 2.75) is 50.1 Å². The Balaban J connectivity index is 1.49. The minimum absolute atomic E-state index is 0.297. The topological polar surface area (TPSA) is 81.0 Å². The van der Waals surface area contributed by atoms with Crippen LogP contribution >= 0.6 is 15.9 Å². The fourth-order valence-corrected chi connectivity index (χ4v) is 5.72. The van der Waals surface area contributed by atoms with Crippen molar-refractivity contribution in [3.8, 4) is 0 Å². The second-order valence-corrected chi connectivity index (χ2v) is 10.2. The van der Waals surface area contributed by atoms with Gasteiger partial charge in [0.15, 0.2) is 5.82 Å². The van der Waals surface area contributed by atoms with E-state index in [2.05, 4.69) is 37.1 Å². The number of benzene rings is 1. The first kappa shape index (κ1) is 21.1. The lowest BCUT2D eigenvalue weighted by Gasteiger charge is -2.22. The molecule has 158 valence electrons. The quantitative estimate of drug-likeness (QED) is 0.502. The van der Waals surface area contributed by atoms with Crippen molar-refractivity contribution in [2.75, 3.05) is 6.54 Å². The van der Waals surface area contributed by atoms with E-state index in [9.17, 15) is 8.42 Å². The molecule has 0 N–H and O–H groups in total. The van der Waals surface area contributed by atoms with Gasteiger partial charge in [0.25, 0.3) is 0 Å². The Bertz CT molecular complexity index is 1100. The molecule has 1 fully saturated rings. The van der Waals surface area contributed by atoms with Crippen LogP contribution < -0.4 is 0 Å². The zero-order valence-electron chi connectivity index (χ0n) is 16.8. The molecule has 7 nitrogen and oxygen atoms in total. The molecule has 30 heavy (non-hydrogen) atoms. The van der Waals surface area contributed by atoms with Crippen LogP contribution in [0.15, 0.2) is 58.2 Å². The summed E-state index contributed by atoms with van der Waals surface area (Å²) in [5.41, 5.74) is 1.19. The molecule has 4 rings (SSSR count). The number of aromatic nitrogens is 4. The third kappa shape index (κ3) is 4.48. The van der Waals surface area contributed by atoms with E-state index >= 15 is 0 Å². The lowest BCUT2D eigenvalue weighted by atomic mass is 10.1. The molecule has 1 saturated heterocycles. The van der Waals surface area contributed by atoms with Gasteiger partial charge >= 0.3 is 0 Å². The van der Waals surface area contributed by atoms with Gasteiger partial charge < -0.3 is 0 Å². The minimum Gasteiger partial charge on any atom is -0.264 e. The summed E-state index contributed by atoms with van der Waals surface area (Å²) in [6.07, 6.45) is 7.01. The van der Waals surface area contributed by atoms with Gasteiger partial charge in [-0.1, -0.05) is 22.0 Å². The van der Waals surface area contributed by atoms with E-state index in [0.29, 0.717) is 17.3 Å². The van der Waals surface area contributed by atoms with Crippen LogP contribution in [0.2, 0.25) is 0 Å². The fraction of sp³-hybridized carbons (Fsp3) is 0.381. The van der Waals surface area contributed by atoms with Crippen molar-refractivity contribution < 1.29 is 8.42 Å². The van der Waals surface area contributed by atoms with Crippen LogP contribution in [-0.2, 0) is 23.0 Å². The summed E-state index contributed by atoms with van der Waals surface area (Å²) in [4.78, 5) is 9.06. The second kappa shape index (κ2) is 8.95. The van der Waals surface area contributed by atoms with Crippen LogP contribution in [0.3, 0.4) is 0 Å². The number of hydrogen-bond donors (Lipinski definition) is 0. The molecule has 1 aromatic carbocycles. The maximum Gasteiger partial charge on any atom is 0.243 e. The highest BCUT2D eigenvalue weighted by atomic mass is 79.9. The molecule has 3 heterocycles. The number of hydrogen-bond acceptors (Lipinski definition) is 5. The van der Waals surface area contributed by atoms with Gasteiger partial charge in [-0.15, -0.1) is 0 Å². The molecule has 1 aliphatic rings. The van der Waals surface area contributed by atoms with E-state index in [1.165, 1.54) is 5.56 Å². The summed E-state index contributed by atoms with van der Waals surface area (Å²) >= 11 is 3.36. The maximum absolute atomic E-state index is 13.2. The smallest absolute Gasteiger partial charge is 0.243 e. The SMILES string of the molecule is Cc1nc(C2CCCN2S(=O)(=O)c2ccc(Br)cc2)nn1CCCc1cccnc1. The predicted molar refractivity (Wildman–Crippen MR) is 117 cm³/mol. The van der Waals surface area contributed by atoms with Crippen molar-refractivity contribution in [3.63, 3.8) is 0 Å². The highest BCUT2D eigenvalue weighted by Crippen LogP contribution is 2.35. The summed E-state index contributed by atoms with van der Waals surface area (Å²) in [6.45, 7) is 3.14. The summed E-state index contributed by atoms with van der Waals surface area (Å²) in [5, 5.41) is 4.67. The first-order valence-electron chi connectivity index (χ1n) is 10.0. The lowest BCUT2D eigenvalue weighted by Crippen LogP contribution is -2.31. The van der Waals surface area contributed by atoms with Crippen molar-refractivity contribution in [3.05, 3.63) is 70.5 Å². The van der Waals surface area contributed by atoms with Gasteiger partial charge in [-0.05, 0) is 68.5 Å². The van der Waals surface area contributed by atoms with Crippen molar-refractivity contribution >= 4 is 26.0 Å². The average Bonchev–Trinajstić information content (AvgIpc) is 3.37. The van der Waals surface area contributed by atoms with Gasteiger partial charge in [-0.3, -0.25) is 9.67 Å². The molecule has 0 saturated carbocycles. The Kier molecular flexibility index (Phi) is 6.31. The average molecular weight is 490 g/mol. The third-order valence-electron chi connectivity index (χ3n) is 5.35. The van der Waals surface area contributed by atoms with Crippen LogP contribution in [0.4, 0.5) is 0 Å². The Hall–Kier alpha value is -2.10. The first-order chi connectivity index (χ1) is 14.4. The predicted octanol–water partition coefficient (Wildman–Crippen LogP) is 3.90. The van der Waals surface area contributed by atoms with Gasteiger partial charge in [-0.25, -0.2) is 13.4 Å². The molecule has 0 aliphatic carbocycles. The largest absolute Gasteiger partial charge is 0.264 e. The first-order valence-corrected chi connectivity index (χ1v) is 12.3. The van der Waals surface area contributed by atoms with E-state index in [1.54, 1.807) is 34.8 Å². The third-order valence-corrected chi connectivity index (χ3v) is 7.80. The van der Waals surface area contributed by atoms with Crippen LogP contribution in [0, 0.1) is 6.92 Å². The van der Waals surface area contributed by atoms with Crippen LogP contribution in [-0.4, -0.2) is 39.0 Å². The zero-order chi connectivity index (χ0) is 21.1. The Morgan fingerprint density at radius 1 is 1.20 bits per heavy atom. The molecule has 1 aliphatic heterocycles. The lowest BCUT2D eigenvalue weighted by molar-refractivity contribution is 0.381. The fourth-order valence-electron chi connectivity index (χ4n) is 3.80. The molecular formula is C21H24BrN5O2S. The molecule has 0 amide bonds. The molecule has 2 aromatic heterocycles. The number of pyridine rings is 1. The van der Waals surface area contributed by atoms with E-state index < -0.39 is 10.0 Å². The molecule has 3 aromatic rings. The number of rotatable bonds is 7. The molecule has 0 radical (unpaired) electrons. The summed E-state index contributed by atoms with van der Waals surface area (Å²) in [7, 11) is -3.59. The number of halogens is 1. The normalized spacial score (nSPS) is 17.5. The molecule has 0 bridgehead atoms. The standard InChI is InChI=1S/C21H24BrN5O2S/c1-16-24-21(25-26(16)13-3-6-17-5-2-12-23-15-17)20-7-4-14-27(20)30(28,29)19-10-8-18(22)9-11-19/h2,5,8-12,15,20H,3-4,6-7,13-14H2,1H3. The van der Waals surface area contributed by atoms with Gasteiger partial charge in [0.1, 0.15) is 5.82 Å². The molecular weight excluding hydrogens is 466 g/mol. The van der Waals surface area contributed by atoms with Crippen molar-refractivity contribution in [1.82, 2.24) is 24.1 Å². The summed E-state index contributed by atoms with van der Waals surface area (Å²) in [6, 6.07) is 10.4. The summed E-state index contributed by atoms with van der Waals surface area (Å²) < 4.78 is 30.7. The van der Waals surface area contributed by atoms with Gasteiger partial charge in [0.2, 0.25) is 10.0 Å². The van der Waals surface area contributed by atoms with Gasteiger partial charge in [0, 0.05) is 30.0 Å². The van der Waals surface area contributed by atoms with E-state index in [1.807, 2.05) is 23.9 Å². The molecule has 1 unspecified atom stereocenters. The Morgan fingerprint density at radius 3 is 2.73 bits per heavy atom. The molecule has 1 atom stereocenters. The minimum atomic E-state index is -3.59. The Labute approximate surface area is 185 Å². The van der Waals surface area contributed by atoms with E-state index in [0.717, 1.165) is 42.5 Å². The molecule has 0 spiro atoms. The Morgan fingerprint density at radius 2 is 2.00 bits per heavy atom. The van der Waals surface area contributed by atoms with Crippen LogP contribution in [0.5, 0.6) is 0 Å². The van der Waals surface area contributed by atoms with Crippen molar-refractivity contribution in [2.24, 2.45) is 0 Å². The number of aryl methyl sites for hydroxylation is 3. The van der Waals surface area contributed by atoms with E-state index in [4.69, 9.17) is 0 Å². The highest BCUT2D eigenvalue weighted by molar-refractivity contribution is 9.10. The van der Waals surface area contributed by atoms with Gasteiger partial charge in [-0.2, -0.15) is 9.40 Å². The highest BCUT2D eigenvalue weighted by Gasteiger charge is 2.38. The molecule has 9 heteroatoms. The monoisotopic (exact) mass is 489 g/mol. The van der Waals surface area contributed by atoms with E-state index in [-0.39, 0.29) is 6.04 Å². The van der Waals surface area contributed by atoms with Crippen LogP contribution in [0.1, 0.15) is 42.5 Å². The number of sulfonamides is 1. The maximum atomic E-state index is 13.2. The second-order valence-electron chi connectivity index (χ2n) is 7.43. The summed E-state index contributed by atoms with van der Waals surface area (Å²) in [5.74, 6) is 1.40. The zero-order valence-corrected chi connectivity index (χ0v) is 19.2. The van der Waals surface area contributed by atoms with Crippen LogP contribution in [0.25, 0.3) is 0 Å². The van der Waals surface area contributed by atoms with Gasteiger partial charge in [0.05, 0.1) is 10.9 Å². The number of nitrogens with zero attached hydrogens (tertiary/aromatic N) is 5.